The predicted octanol–water partition coefficient (Wildman–Crippen LogP) is 1.45. The maximum Gasteiger partial charge on any atom is 0.175 e. The molecule has 1 aliphatic heterocycles. The van der Waals surface area contributed by atoms with Gasteiger partial charge in [-0.3, -0.25) is 0 Å². The van der Waals surface area contributed by atoms with Crippen LogP contribution in [0.15, 0.2) is 23.1 Å². The molecule has 1 aromatic carbocycles. The van der Waals surface area contributed by atoms with Gasteiger partial charge in [0.15, 0.2) is 9.84 Å². The average molecular weight is 211 g/mol. The van der Waals surface area contributed by atoms with Crippen LogP contribution in [0.5, 0.6) is 0 Å². The van der Waals surface area contributed by atoms with Gasteiger partial charge in [-0.25, -0.2) is 8.42 Å². The second-order valence-electron chi connectivity index (χ2n) is 3.80. The van der Waals surface area contributed by atoms with Crippen molar-refractivity contribution in [2.75, 3.05) is 11.6 Å². The van der Waals surface area contributed by atoms with Crippen LogP contribution in [0.1, 0.15) is 12.5 Å². The van der Waals surface area contributed by atoms with Gasteiger partial charge in [0.2, 0.25) is 0 Å². The molecule has 0 saturated heterocycles. The van der Waals surface area contributed by atoms with E-state index in [1.807, 2.05) is 13.0 Å². The molecule has 1 aromatic rings. The Morgan fingerprint density at radius 1 is 1.43 bits per heavy atom. The predicted molar refractivity (Wildman–Crippen MR) is 56.3 cm³/mol. The zero-order chi connectivity index (χ0) is 10.3. The lowest BCUT2D eigenvalue weighted by Gasteiger charge is -2.04. The fraction of sp³-hybridized carbons (Fsp3) is 0.400. The molecule has 0 spiro atoms. The van der Waals surface area contributed by atoms with Crippen molar-refractivity contribution in [2.45, 2.75) is 24.3 Å². The fourth-order valence-corrected chi connectivity index (χ4v) is 2.85. The van der Waals surface area contributed by atoms with Crippen LogP contribution in [0.3, 0.4) is 0 Å². The molecule has 2 rings (SSSR count). The van der Waals surface area contributed by atoms with E-state index >= 15 is 0 Å². The lowest BCUT2D eigenvalue weighted by Crippen LogP contribution is -2.08. The van der Waals surface area contributed by atoms with Crippen molar-refractivity contribution in [2.24, 2.45) is 0 Å². The molecule has 0 saturated carbocycles. The third-order valence-corrected chi connectivity index (χ3v) is 3.63. The van der Waals surface area contributed by atoms with Gasteiger partial charge in [0.1, 0.15) is 0 Å². The molecule has 0 amide bonds. The minimum Gasteiger partial charge on any atom is -0.382 e. The number of nitrogens with one attached hydrogen (secondary N) is 1. The third-order valence-electron chi connectivity index (χ3n) is 2.44. The molecule has 1 aliphatic rings. The molecule has 0 bridgehead atoms. The standard InChI is InChI=1S/C10H13NO2S/c1-7-6-8-9(11-7)4-3-5-10(8)14(2,12)13/h3-5,7,11H,6H2,1-2H3. The first-order valence-corrected chi connectivity index (χ1v) is 6.46. The highest BCUT2D eigenvalue weighted by molar-refractivity contribution is 7.90. The lowest BCUT2D eigenvalue weighted by molar-refractivity contribution is 0.601. The van der Waals surface area contributed by atoms with Crippen molar-refractivity contribution in [1.82, 2.24) is 0 Å². The van der Waals surface area contributed by atoms with Gasteiger partial charge < -0.3 is 5.32 Å². The van der Waals surface area contributed by atoms with Crippen molar-refractivity contribution >= 4 is 15.5 Å². The van der Waals surface area contributed by atoms with E-state index in [1.165, 1.54) is 6.26 Å². The van der Waals surface area contributed by atoms with Crippen LogP contribution in [0.25, 0.3) is 0 Å². The molecule has 1 unspecified atom stereocenters. The monoisotopic (exact) mass is 211 g/mol. The molecule has 0 aromatic heterocycles. The Morgan fingerprint density at radius 3 is 2.79 bits per heavy atom. The summed E-state index contributed by atoms with van der Waals surface area (Å²) < 4.78 is 22.9. The Morgan fingerprint density at radius 2 is 2.14 bits per heavy atom. The molecule has 3 nitrogen and oxygen atoms in total. The van der Waals surface area contributed by atoms with E-state index in [0.29, 0.717) is 10.9 Å². The Kier molecular flexibility index (Phi) is 2.03. The van der Waals surface area contributed by atoms with Crippen LogP contribution in [0.2, 0.25) is 0 Å². The minimum absolute atomic E-state index is 0.327. The first kappa shape index (κ1) is 9.52. The van der Waals surface area contributed by atoms with Crippen molar-refractivity contribution in [3.8, 4) is 0 Å². The van der Waals surface area contributed by atoms with Crippen molar-refractivity contribution in [1.29, 1.82) is 0 Å². The first-order valence-electron chi connectivity index (χ1n) is 4.57. The van der Waals surface area contributed by atoms with Crippen molar-refractivity contribution in [3.63, 3.8) is 0 Å². The second kappa shape index (κ2) is 2.98. The van der Waals surface area contributed by atoms with E-state index in [1.54, 1.807) is 12.1 Å². The molecule has 1 N–H and O–H groups in total. The van der Waals surface area contributed by atoms with E-state index in [-0.39, 0.29) is 0 Å². The Balaban J connectivity index is 2.62. The number of anilines is 1. The summed E-state index contributed by atoms with van der Waals surface area (Å²) in [5.74, 6) is 0. The van der Waals surface area contributed by atoms with Gasteiger partial charge >= 0.3 is 0 Å². The Bertz CT molecular complexity index is 465. The summed E-state index contributed by atoms with van der Waals surface area (Å²) in [5.41, 5.74) is 1.89. The van der Waals surface area contributed by atoms with Crippen LogP contribution in [-0.4, -0.2) is 20.7 Å². The lowest BCUT2D eigenvalue weighted by atomic mass is 10.1. The Hall–Kier alpha value is -1.03. The topological polar surface area (TPSA) is 46.2 Å². The van der Waals surface area contributed by atoms with E-state index in [9.17, 15) is 8.42 Å². The van der Waals surface area contributed by atoms with Gasteiger partial charge in [0, 0.05) is 18.0 Å². The molecule has 0 aliphatic carbocycles. The average Bonchev–Trinajstić information content (AvgIpc) is 2.41. The third kappa shape index (κ3) is 1.50. The van der Waals surface area contributed by atoms with Crippen LogP contribution in [-0.2, 0) is 16.3 Å². The van der Waals surface area contributed by atoms with Gasteiger partial charge in [-0.15, -0.1) is 0 Å². The molecule has 0 radical (unpaired) electrons. The normalized spacial score (nSPS) is 20.3. The molecular weight excluding hydrogens is 198 g/mol. The maximum absolute atomic E-state index is 11.5. The number of hydrogen-bond acceptors (Lipinski definition) is 3. The largest absolute Gasteiger partial charge is 0.382 e. The maximum atomic E-state index is 11.5. The van der Waals surface area contributed by atoms with E-state index in [4.69, 9.17) is 0 Å². The molecular formula is C10H13NO2S. The van der Waals surface area contributed by atoms with Gasteiger partial charge in [-0.1, -0.05) is 6.07 Å². The van der Waals surface area contributed by atoms with Crippen LogP contribution < -0.4 is 5.32 Å². The van der Waals surface area contributed by atoms with Gasteiger partial charge in [0.05, 0.1) is 4.90 Å². The minimum atomic E-state index is -3.09. The SMILES string of the molecule is CC1Cc2c(cccc2S(C)(=O)=O)N1. The quantitative estimate of drug-likeness (QED) is 0.764. The fourth-order valence-electron chi connectivity index (χ4n) is 1.88. The molecule has 0 fully saturated rings. The molecule has 4 heteroatoms. The number of fused-ring (bicyclic) bond motifs is 1. The molecule has 76 valence electrons. The number of sulfone groups is 1. The van der Waals surface area contributed by atoms with Crippen molar-refractivity contribution < 1.29 is 8.42 Å². The number of hydrogen-bond donors (Lipinski definition) is 1. The molecule has 1 atom stereocenters. The van der Waals surface area contributed by atoms with E-state index in [0.717, 1.165) is 17.7 Å². The summed E-state index contributed by atoms with van der Waals surface area (Å²) in [4.78, 5) is 0.465. The summed E-state index contributed by atoms with van der Waals surface area (Å²) in [6.07, 6.45) is 2.05. The van der Waals surface area contributed by atoms with Gasteiger partial charge in [0.25, 0.3) is 0 Å². The zero-order valence-electron chi connectivity index (χ0n) is 8.24. The molecule has 1 heterocycles. The Labute approximate surface area is 84.1 Å². The summed E-state index contributed by atoms with van der Waals surface area (Å²) in [7, 11) is -3.09. The van der Waals surface area contributed by atoms with Crippen molar-refractivity contribution in [3.05, 3.63) is 23.8 Å². The van der Waals surface area contributed by atoms with Crippen LogP contribution in [0.4, 0.5) is 5.69 Å². The van der Waals surface area contributed by atoms with Gasteiger partial charge in [-0.05, 0) is 31.0 Å². The highest BCUT2D eigenvalue weighted by atomic mass is 32.2. The second-order valence-corrected chi connectivity index (χ2v) is 5.79. The highest BCUT2D eigenvalue weighted by Crippen LogP contribution is 2.30. The smallest absolute Gasteiger partial charge is 0.175 e. The first-order chi connectivity index (χ1) is 6.48. The summed E-state index contributed by atoms with van der Waals surface area (Å²) in [6.45, 7) is 2.05. The molecule has 14 heavy (non-hydrogen) atoms. The van der Waals surface area contributed by atoms with E-state index < -0.39 is 9.84 Å². The number of benzene rings is 1. The summed E-state index contributed by atoms with van der Waals surface area (Å²) in [6, 6.07) is 5.70. The zero-order valence-corrected chi connectivity index (χ0v) is 9.06. The van der Waals surface area contributed by atoms with Crippen LogP contribution >= 0.6 is 0 Å². The van der Waals surface area contributed by atoms with E-state index in [2.05, 4.69) is 5.32 Å². The highest BCUT2D eigenvalue weighted by Gasteiger charge is 2.23. The summed E-state index contributed by atoms with van der Waals surface area (Å²) >= 11 is 0. The van der Waals surface area contributed by atoms with Crippen LogP contribution in [0, 0.1) is 0 Å². The van der Waals surface area contributed by atoms with Gasteiger partial charge in [-0.2, -0.15) is 0 Å². The number of rotatable bonds is 1. The summed E-state index contributed by atoms with van der Waals surface area (Å²) in [5, 5.41) is 3.25.